The molecule has 1 aromatic heterocycles. The van der Waals surface area contributed by atoms with Gasteiger partial charge in [-0.2, -0.15) is 0 Å². The molecule has 1 N–H and O–H groups in total. The van der Waals surface area contributed by atoms with E-state index in [4.69, 9.17) is 4.42 Å². The molecule has 7 nitrogen and oxygen atoms in total. The summed E-state index contributed by atoms with van der Waals surface area (Å²) in [5.74, 6) is 0.473. The van der Waals surface area contributed by atoms with Crippen LogP contribution < -0.4 is 5.32 Å². The van der Waals surface area contributed by atoms with Crippen molar-refractivity contribution in [2.45, 2.75) is 0 Å². The highest BCUT2D eigenvalue weighted by atomic mass is 32.2. The van der Waals surface area contributed by atoms with E-state index in [1.165, 1.54) is 18.2 Å². The van der Waals surface area contributed by atoms with Gasteiger partial charge in [-0.15, -0.1) is 0 Å². The van der Waals surface area contributed by atoms with Gasteiger partial charge >= 0.3 is 0 Å². The maximum atomic E-state index is 11.4. The van der Waals surface area contributed by atoms with E-state index in [2.05, 4.69) is 5.32 Å². The summed E-state index contributed by atoms with van der Waals surface area (Å²) in [6, 6.07) is 9.26. The van der Waals surface area contributed by atoms with E-state index in [1.807, 2.05) is 0 Å². The van der Waals surface area contributed by atoms with Crippen molar-refractivity contribution < 1.29 is 18.9 Å². The molecule has 8 heteroatoms. The molecule has 110 valence electrons. The van der Waals surface area contributed by atoms with E-state index < -0.39 is 16.1 Å². The number of hydrogen-bond donors (Lipinski definition) is 1. The molecule has 0 radical (unpaired) electrons. The summed E-state index contributed by atoms with van der Waals surface area (Å²) < 4.78 is 5.56. The summed E-state index contributed by atoms with van der Waals surface area (Å²) in [6.45, 7) is 0. The molecule has 2 amide bonds. The molecular formula is C14H8N2O5S. The Morgan fingerprint density at radius 1 is 1.14 bits per heavy atom. The third-order valence-corrected chi connectivity index (χ3v) is 3.72. The second-order valence-electron chi connectivity index (χ2n) is 4.36. The van der Waals surface area contributed by atoms with Crippen molar-refractivity contribution in [2.24, 2.45) is 0 Å². The van der Waals surface area contributed by atoms with Crippen molar-refractivity contribution in [2.75, 3.05) is 0 Å². The third-order valence-electron chi connectivity index (χ3n) is 2.90. The Morgan fingerprint density at radius 3 is 2.45 bits per heavy atom. The summed E-state index contributed by atoms with van der Waals surface area (Å²) in [5.41, 5.74) is 0.671. The number of benzene rings is 1. The molecule has 1 saturated heterocycles. The van der Waals surface area contributed by atoms with Crippen LogP contribution in [0.2, 0.25) is 0 Å². The van der Waals surface area contributed by atoms with Gasteiger partial charge in [0.25, 0.3) is 16.8 Å². The Hall–Kier alpha value is -2.87. The van der Waals surface area contributed by atoms with Gasteiger partial charge < -0.3 is 4.42 Å². The zero-order chi connectivity index (χ0) is 15.7. The Bertz CT molecular complexity index is 807. The lowest BCUT2D eigenvalue weighted by Crippen LogP contribution is -2.17. The topological polar surface area (TPSA) is 102 Å². The minimum absolute atomic E-state index is 0.00446. The van der Waals surface area contributed by atoms with E-state index in [0.717, 1.165) is 11.8 Å². The number of non-ortho nitro benzene ring substituents is 1. The van der Waals surface area contributed by atoms with Crippen LogP contribution in [0.5, 0.6) is 0 Å². The Labute approximate surface area is 128 Å². The molecule has 1 aliphatic heterocycles. The van der Waals surface area contributed by atoms with E-state index in [9.17, 15) is 19.7 Å². The first-order chi connectivity index (χ1) is 10.5. The number of nitro benzene ring substituents is 1. The fourth-order valence-electron chi connectivity index (χ4n) is 1.88. The lowest BCUT2D eigenvalue weighted by molar-refractivity contribution is -0.384. The molecule has 0 unspecified atom stereocenters. The molecule has 0 atom stereocenters. The number of imide groups is 1. The molecular weight excluding hydrogens is 308 g/mol. The molecule has 3 rings (SSSR count). The van der Waals surface area contributed by atoms with Gasteiger partial charge in [-0.05, 0) is 36.0 Å². The van der Waals surface area contributed by atoms with Gasteiger partial charge in [0, 0.05) is 23.8 Å². The zero-order valence-corrected chi connectivity index (χ0v) is 11.8. The van der Waals surface area contributed by atoms with Crippen LogP contribution in [0, 0.1) is 10.1 Å². The van der Waals surface area contributed by atoms with Gasteiger partial charge in [-0.25, -0.2) is 0 Å². The molecule has 0 bridgehead atoms. The molecule has 0 aliphatic carbocycles. The highest BCUT2D eigenvalue weighted by Crippen LogP contribution is 2.29. The molecule has 1 aromatic carbocycles. The number of carbonyl (C=O) groups excluding carboxylic acids is 2. The molecule has 2 aromatic rings. The minimum Gasteiger partial charge on any atom is -0.457 e. The maximum Gasteiger partial charge on any atom is 0.290 e. The largest absolute Gasteiger partial charge is 0.457 e. The van der Waals surface area contributed by atoms with Crippen LogP contribution in [-0.2, 0) is 4.79 Å². The van der Waals surface area contributed by atoms with Gasteiger partial charge in [0.1, 0.15) is 11.5 Å². The summed E-state index contributed by atoms with van der Waals surface area (Å²) in [6.07, 6.45) is 1.47. The molecule has 2 heterocycles. The highest BCUT2D eigenvalue weighted by molar-refractivity contribution is 8.18. The smallest absolute Gasteiger partial charge is 0.290 e. The first-order valence-electron chi connectivity index (χ1n) is 6.12. The number of carbonyl (C=O) groups is 2. The lowest BCUT2D eigenvalue weighted by Gasteiger charge is -1.96. The van der Waals surface area contributed by atoms with E-state index >= 15 is 0 Å². The molecule has 0 saturated carbocycles. The van der Waals surface area contributed by atoms with Gasteiger partial charge in [0.15, 0.2) is 0 Å². The first kappa shape index (κ1) is 14.1. The quantitative estimate of drug-likeness (QED) is 0.530. The number of hydrogen-bond acceptors (Lipinski definition) is 6. The van der Waals surface area contributed by atoms with Crippen molar-refractivity contribution in [1.82, 2.24) is 5.32 Å². The number of nitrogens with one attached hydrogen (secondary N) is 1. The van der Waals surface area contributed by atoms with Gasteiger partial charge in [-0.1, -0.05) is 0 Å². The average molecular weight is 316 g/mol. The van der Waals surface area contributed by atoms with Crippen molar-refractivity contribution >= 4 is 34.7 Å². The Kier molecular flexibility index (Phi) is 3.51. The summed E-state index contributed by atoms with van der Waals surface area (Å²) in [7, 11) is 0. The monoisotopic (exact) mass is 316 g/mol. The fraction of sp³-hybridized carbons (Fsp3) is 0. The van der Waals surface area contributed by atoms with Crippen molar-refractivity contribution in [1.29, 1.82) is 0 Å². The molecule has 1 fully saturated rings. The number of nitrogens with zero attached hydrogens (tertiary/aromatic N) is 1. The van der Waals surface area contributed by atoms with Crippen LogP contribution in [0.15, 0.2) is 45.7 Å². The maximum absolute atomic E-state index is 11.4. The van der Waals surface area contributed by atoms with Gasteiger partial charge in [0.05, 0.1) is 9.83 Å². The number of nitro groups is 1. The third kappa shape index (κ3) is 2.77. The number of rotatable bonds is 3. The van der Waals surface area contributed by atoms with Gasteiger partial charge in [0.2, 0.25) is 0 Å². The predicted molar refractivity (Wildman–Crippen MR) is 79.9 cm³/mol. The Balaban J connectivity index is 1.85. The number of amides is 2. The zero-order valence-electron chi connectivity index (χ0n) is 10.9. The number of furan rings is 1. The van der Waals surface area contributed by atoms with Crippen LogP contribution >= 0.6 is 11.8 Å². The summed E-state index contributed by atoms with van der Waals surface area (Å²) in [5, 5.41) is 12.3. The minimum atomic E-state index is -0.477. The summed E-state index contributed by atoms with van der Waals surface area (Å²) >= 11 is 0.805. The average Bonchev–Trinajstić information content (AvgIpc) is 3.06. The lowest BCUT2D eigenvalue weighted by atomic mass is 10.1. The molecule has 0 spiro atoms. The number of thioether (sulfide) groups is 1. The molecule has 22 heavy (non-hydrogen) atoms. The van der Waals surface area contributed by atoms with Gasteiger partial charge in [-0.3, -0.25) is 25.0 Å². The second-order valence-corrected chi connectivity index (χ2v) is 5.37. The van der Waals surface area contributed by atoms with Crippen molar-refractivity contribution in [3.05, 3.63) is 57.2 Å². The standard InChI is InChI=1S/C14H8N2O5S/c17-13-12(22-14(18)15-13)7-10-5-6-11(21-10)8-1-3-9(4-2-8)16(19)20/h1-7H,(H,15,17,18)/b12-7-. The molecule has 1 aliphatic rings. The van der Waals surface area contributed by atoms with Crippen molar-refractivity contribution in [3.63, 3.8) is 0 Å². The van der Waals surface area contributed by atoms with E-state index in [1.54, 1.807) is 24.3 Å². The van der Waals surface area contributed by atoms with Crippen LogP contribution in [0.4, 0.5) is 10.5 Å². The Morgan fingerprint density at radius 2 is 1.86 bits per heavy atom. The van der Waals surface area contributed by atoms with Crippen LogP contribution in [-0.4, -0.2) is 16.1 Å². The fourth-order valence-corrected chi connectivity index (χ4v) is 2.55. The van der Waals surface area contributed by atoms with Crippen molar-refractivity contribution in [3.8, 4) is 11.3 Å². The van der Waals surface area contributed by atoms with Crippen LogP contribution in [0.25, 0.3) is 17.4 Å². The normalized spacial score (nSPS) is 16.1. The van der Waals surface area contributed by atoms with E-state index in [0.29, 0.717) is 17.1 Å². The summed E-state index contributed by atoms with van der Waals surface area (Å²) in [4.78, 5) is 32.9. The SMILES string of the molecule is O=C1NC(=O)/C(=C/c2ccc(-c3ccc([N+](=O)[O-])cc3)o2)S1. The van der Waals surface area contributed by atoms with Crippen LogP contribution in [0.1, 0.15) is 5.76 Å². The first-order valence-corrected chi connectivity index (χ1v) is 6.94. The predicted octanol–water partition coefficient (Wildman–Crippen LogP) is 3.18. The highest BCUT2D eigenvalue weighted by Gasteiger charge is 2.25. The van der Waals surface area contributed by atoms with Crippen LogP contribution in [0.3, 0.4) is 0 Å². The van der Waals surface area contributed by atoms with E-state index in [-0.39, 0.29) is 10.6 Å². The second kappa shape index (κ2) is 5.49.